The molecule has 0 spiro atoms. The third-order valence-corrected chi connectivity index (χ3v) is 4.06. The lowest BCUT2D eigenvalue weighted by atomic mass is 9.96. The Kier molecular flexibility index (Phi) is 3.69. The molecule has 4 heteroatoms. The summed E-state index contributed by atoms with van der Waals surface area (Å²) in [4.78, 5) is 13.9. The van der Waals surface area contributed by atoms with Crippen molar-refractivity contribution in [2.24, 2.45) is 5.92 Å². The second kappa shape index (κ2) is 5.61. The van der Waals surface area contributed by atoms with Crippen molar-refractivity contribution in [1.29, 1.82) is 0 Å². The van der Waals surface area contributed by atoms with Crippen molar-refractivity contribution < 1.29 is 4.79 Å². The smallest absolute Gasteiger partial charge is 0.243 e. The van der Waals surface area contributed by atoms with E-state index in [9.17, 15) is 4.79 Å². The van der Waals surface area contributed by atoms with Gasteiger partial charge >= 0.3 is 0 Å². The summed E-state index contributed by atoms with van der Waals surface area (Å²) in [6, 6.07) is 8.06. The Labute approximate surface area is 114 Å². The highest BCUT2D eigenvalue weighted by atomic mass is 16.2. The van der Waals surface area contributed by atoms with E-state index in [0.717, 1.165) is 43.3 Å². The van der Waals surface area contributed by atoms with E-state index >= 15 is 0 Å². The van der Waals surface area contributed by atoms with Gasteiger partial charge in [-0.15, -0.1) is 0 Å². The molecule has 0 saturated carbocycles. The molecule has 3 rings (SSSR count). The first kappa shape index (κ1) is 12.5. The first-order valence-electron chi connectivity index (χ1n) is 7.17. The van der Waals surface area contributed by atoms with E-state index in [4.69, 9.17) is 0 Å². The SMILES string of the molecule is O=C1CN(CCC2CCCNC2)c2ccccc2N1. The lowest BCUT2D eigenvalue weighted by Crippen LogP contribution is -2.40. The van der Waals surface area contributed by atoms with Crippen LogP contribution >= 0.6 is 0 Å². The van der Waals surface area contributed by atoms with Crippen molar-refractivity contribution >= 4 is 17.3 Å². The molecule has 0 aromatic heterocycles. The van der Waals surface area contributed by atoms with Crippen molar-refractivity contribution in [3.63, 3.8) is 0 Å². The standard InChI is InChI=1S/C15H21N3O/c19-15-11-18(9-7-12-4-3-8-16-10-12)14-6-2-1-5-13(14)17-15/h1-2,5-6,12,16H,3-4,7-11H2,(H,17,19). The molecule has 2 heterocycles. The topological polar surface area (TPSA) is 44.4 Å². The zero-order chi connectivity index (χ0) is 13.1. The van der Waals surface area contributed by atoms with E-state index in [2.05, 4.69) is 21.6 Å². The molecule has 0 radical (unpaired) electrons. The molecule has 0 aliphatic carbocycles. The summed E-state index contributed by atoms with van der Waals surface area (Å²) >= 11 is 0. The summed E-state index contributed by atoms with van der Waals surface area (Å²) in [7, 11) is 0. The van der Waals surface area contributed by atoms with Gasteiger partial charge in [0.15, 0.2) is 0 Å². The fourth-order valence-corrected chi connectivity index (χ4v) is 3.01. The van der Waals surface area contributed by atoms with Crippen LogP contribution in [0.3, 0.4) is 0 Å². The van der Waals surface area contributed by atoms with Crippen LogP contribution in [0.25, 0.3) is 0 Å². The molecule has 1 unspecified atom stereocenters. The number of anilines is 2. The zero-order valence-corrected chi connectivity index (χ0v) is 11.2. The lowest BCUT2D eigenvalue weighted by molar-refractivity contribution is -0.115. The highest BCUT2D eigenvalue weighted by molar-refractivity contribution is 6.01. The first-order valence-corrected chi connectivity index (χ1v) is 7.17. The van der Waals surface area contributed by atoms with Gasteiger partial charge in [0.2, 0.25) is 5.91 Å². The highest BCUT2D eigenvalue weighted by Gasteiger charge is 2.22. The van der Waals surface area contributed by atoms with Crippen molar-refractivity contribution in [1.82, 2.24) is 5.32 Å². The maximum atomic E-state index is 11.7. The molecule has 1 fully saturated rings. The number of nitrogens with one attached hydrogen (secondary N) is 2. The van der Waals surface area contributed by atoms with Gasteiger partial charge in [-0.2, -0.15) is 0 Å². The van der Waals surface area contributed by atoms with Crippen LogP contribution < -0.4 is 15.5 Å². The van der Waals surface area contributed by atoms with Gasteiger partial charge in [-0.05, 0) is 50.4 Å². The van der Waals surface area contributed by atoms with Crippen molar-refractivity contribution in [3.8, 4) is 0 Å². The van der Waals surface area contributed by atoms with Gasteiger partial charge < -0.3 is 15.5 Å². The second-order valence-corrected chi connectivity index (χ2v) is 5.49. The minimum absolute atomic E-state index is 0.0977. The molecule has 2 N–H and O–H groups in total. The summed E-state index contributed by atoms with van der Waals surface area (Å²) in [6.45, 7) is 3.74. The molecule has 2 aliphatic rings. The Morgan fingerprint density at radius 3 is 3.05 bits per heavy atom. The van der Waals surface area contributed by atoms with Crippen molar-refractivity contribution in [2.75, 3.05) is 36.4 Å². The Morgan fingerprint density at radius 2 is 2.21 bits per heavy atom. The summed E-state index contributed by atoms with van der Waals surface area (Å²) in [5.74, 6) is 0.853. The van der Waals surface area contributed by atoms with Crippen LogP contribution in [-0.4, -0.2) is 32.1 Å². The number of hydrogen-bond acceptors (Lipinski definition) is 3. The van der Waals surface area contributed by atoms with Gasteiger partial charge in [-0.1, -0.05) is 12.1 Å². The monoisotopic (exact) mass is 259 g/mol. The molecule has 2 aliphatic heterocycles. The predicted molar refractivity (Wildman–Crippen MR) is 77.5 cm³/mol. The molecule has 102 valence electrons. The van der Waals surface area contributed by atoms with E-state index in [1.807, 2.05) is 18.2 Å². The molecule has 1 saturated heterocycles. The van der Waals surface area contributed by atoms with Crippen LogP contribution in [-0.2, 0) is 4.79 Å². The zero-order valence-electron chi connectivity index (χ0n) is 11.2. The highest BCUT2D eigenvalue weighted by Crippen LogP contribution is 2.29. The minimum atomic E-state index is 0.0977. The van der Waals surface area contributed by atoms with Crippen LogP contribution in [0, 0.1) is 5.92 Å². The van der Waals surface area contributed by atoms with Crippen LogP contribution in [0.5, 0.6) is 0 Å². The van der Waals surface area contributed by atoms with E-state index in [1.165, 1.54) is 12.8 Å². The van der Waals surface area contributed by atoms with E-state index in [0.29, 0.717) is 6.54 Å². The summed E-state index contributed by atoms with van der Waals surface area (Å²) in [5, 5.41) is 6.39. The van der Waals surface area contributed by atoms with Gasteiger partial charge in [-0.25, -0.2) is 0 Å². The van der Waals surface area contributed by atoms with Crippen molar-refractivity contribution in [3.05, 3.63) is 24.3 Å². The molecular weight excluding hydrogens is 238 g/mol. The normalized spacial score (nSPS) is 22.8. The number of para-hydroxylation sites is 2. The quantitative estimate of drug-likeness (QED) is 0.870. The Bertz CT molecular complexity index is 454. The number of fused-ring (bicyclic) bond motifs is 1. The molecule has 1 aromatic rings. The number of carbonyl (C=O) groups is 1. The van der Waals surface area contributed by atoms with E-state index in [-0.39, 0.29) is 5.91 Å². The van der Waals surface area contributed by atoms with Gasteiger partial charge in [-0.3, -0.25) is 4.79 Å². The molecule has 4 nitrogen and oxygen atoms in total. The molecule has 19 heavy (non-hydrogen) atoms. The number of amides is 1. The van der Waals surface area contributed by atoms with Crippen LogP contribution in [0.15, 0.2) is 24.3 Å². The maximum absolute atomic E-state index is 11.7. The maximum Gasteiger partial charge on any atom is 0.243 e. The Morgan fingerprint density at radius 1 is 1.32 bits per heavy atom. The fraction of sp³-hybridized carbons (Fsp3) is 0.533. The van der Waals surface area contributed by atoms with Crippen molar-refractivity contribution in [2.45, 2.75) is 19.3 Å². The fourth-order valence-electron chi connectivity index (χ4n) is 3.01. The molecular formula is C15H21N3O. The van der Waals surface area contributed by atoms with E-state index in [1.54, 1.807) is 0 Å². The first-order chi connectivity index (χ1) is 9.33. The van der Waals surface area contributed by atoms with Crippen LogP contribution in [0.1, 0.15) is 19.3 Å². The predicted octanol–water partition coefficient (Wildman–Crippen LogP) is 1.83. The summed E-state index contributed by atoms with van der Waals surface area (Å²) < 4.78 is 0. The number of benzene rings is 1. The van der Waals surface area contributed by atoms with Gasteiger partial charge in [0.05, 0.1) is 17.9 Å². The van der Waals surface area contributed by atoms with Crippen LogP contribution in [0.2, 0.25) is 0 Å². The van der Waals surface area contributed by atoms with Gasteiger partial charge in [0.25, 0.3) is 0 Å². The summed E-state index contributed by atoms with van der Waals surface area (Å²) in [6.07, 6.45) is 3.75. The lowest BCUT2D eigenvalue weighted by Gasteiger charge is -2.32. The number of hydrogen-bond donors (Lipinski definition) is 2. The largest absolute Gasteiger partial charge is 0.361 e. The van der Waals surface area contributed by atoms with Gasteiger partial charge in [0, 0.05) is 6.54 Å². The third-order valence-electron chi connectivity index (χ3n) is 4.06. The van der Waals surface area contributed by atoms with Gasteiger partial charge in [0.1, 0.15) is 0 Å². The number of carbonyl (C=O) groups excluding carboxylic acids is 1. The average molecular weight is 259 g/mol. The molecule has 1 amide bonds. The second-order valence-electron chi connectivity index (χ2n) is 5.49. The molecule has 1 atom stereocenters. The number of rotatable bonds is 3. The minimum Gasteiger partial charge on any atom is -0.361 e. The number of piperidine rings is 1. The average Bonchev–Trinajstić information content (AvgIpc) is 2.45. The third kappa shape index (κ3) is 2.89. The van der Waals surface area contributed by atoms with E-state index < -0.39 is 0 Å². The Hall–Kier alpha value is -1.55. The number of nitrogens with zero attached hydrogens (tertiary/aromatic N) is 1. The molecule has 1 aromatic carbocycles. The Balaban J connectivity index is 1.65. The summed E-state index contributed by atoms with van der Waals surface area (Å²) in [5.41, 5.74) is 2.10. The molecule has 0 bridgehead atoms. The van der Waals surface area contributed by atoms with Crippen LogP contribution in [0.4, 0.5) is 11.4 Å².